The summed E-state index contributed by atoms with van der Waals surface area (Å²) in [6.45, 7) is 6.77. The minimum atomic E-state index is -0.153. The van der Waals surface area contributed by atoms with Gasteiger partial charge >= 0.3 is 0 Å². The fourth-order valence-corrected chi connectivity index (χ4v) is 1.59. The molecule has 0 aromatic carbocycles. The van der Waals surface area contributed by atoms with Crippen LogP contribution in [-0.4, -0.2) is 20.5 Å². The van der Waals surface area contributed by atoms with Crippen molar-refractivity contribution in [3.05, 3.63) is 46.6 Å². The summed E-state index contributed by atoms with van der Waals surface area (Å²) in [6, 6.07) is 5.19. The number of rotatable bonds is 3. The van der Waals surface area contributed by atoms with Crippen LogP contribution in [0.2, 0.25) is 0 Å². The van der Waals surface area contributed by atoms with E-state index in [1.165, 1.54) is 6.07 Å². The molecule has 2 aromatic heterocycles. The molecule has 0 aliphatic carbocycles. The molecule has 0 radical (unpaired) electrons. The maximum atomic E-state index is 11.7. The molecule has 2 heterocycles. The molecule has 0 saturated heterocycles. The Kier molecular flexibility index (Phi) is 3.76. The Labute approximate surface area is 112 Å². The number of pyridine rings is 1. The molecule has 5 heteroatoms. The lowest BCUT2D eigenvalue weighted by molar-refractivity contribution is 0.421. The lowest BCUT2D eigenvalue weighted by Gasteiger charge is -2.20. The first-order valence-corrected chi connectivity index (χ1v) is 6.20. The quantitative estimate of drug-likeness (QED) is 0.879. The van der Waals surface area contributed by atoms with Crippen molar-refractivity contribution in [3.8, 4) is 11.4 Å². The highest BCUT2D eigenvalue weighted by Gasteiger charge is 2.10. The van der Waals surface area contributed by atoms with Gasteiger partial charge in [-0.3, -0.25) is 9.78 Å². The van der Waals surface area contributed by atoms with E-state index in [-0.39, 0.29) is 11.1 Å². The van der Waals surface area contributed by atoms with E-state index in [4.69, 9.17) is 0 Å². The van der Waals surface area contributed by atoms with Gasteiger partial charge in [-0.25, -0.2) is 4.98 Å². The molecule has 2 N–H and O–H groups in total. The minimum absolute atomic E-state index is 0.0151. The summed E-state index contributed by atoms with van der Waals surface area (Å²) >= 11 is 0. The number of aromatic nitrogens is 3. The van der Waals surface area contributed by atoms with Gasteiger partial charge in [0, 0.05) is 36.1 Å². The van der Waals surface area contributed by atoms with Gasteiger partial charge in [0.1, 0.15) is 5.82 Å². The number of nitrogens with zero attached hydrogens (tertiary/aromatic N) is 2. The monoisotopic (exact) mass is 258 g/mol. The van der Waals surface area contributed by atoms with Crippen molar-refractivity contribution in [2.45, 2.75) is 32.9 Å². The summed E-state index contributed by atoms with van der Waals surface area (Å²) in [6.07, 6.45) is 3.37. The highest BCUT2D eigenvalue weighted by molar-refractivity contribution is 5.52. The first-order valence-electron chi connectivity index (χ1n) is 6.20. The van der Waals surface area contributed by atoms with Crippen LogP contribution in [0.3, 0.4) is 0 Å². The van der Waals surface area contributed by atoms with Gasteiger partial charge < -0.3 is 10.3 Å². The number of H-pyrrole nitrogens is 1. The number of hydrogen-bond acceptors (Lipinski definition) is 4. The SMILES string of the molecule is CC(C)(C)NCc1cc(=O)[nH]c(-c2cccnc2)n1. The van der Waals surface area contributed by atoms with Gasteiger partial charge in [-0.1, -0.05) is 0 Å². The lowest BCUT2D eigenvalue weighted by Crippen LogP contribution is -2.35. The van der Waals surface area contributed by atoms with Gasteiger partial charge in [0.2, 0.25) is 0 Å². The van der Waals surface area contributed by atoms with Crippen LogP contribution in [0, 0.1) is 0 Å². The first-order chi connectivity index (χ1) is 8.94. The molecule has 0 fully saturated rings. The van der Waals surface area contributed by atoms with Crippen LogP contribution in [-0.2, 0) is 6.54 Å². The van der Waals surface area contributed by atoms with E-state index >= 15 is 0 Å². The van der Waals surface area contributed by atoms with Crippen molar-refractivity contribution in [2.24, 2.45) is 0 Å². The van der Waals surface area contributed by atoms with Crippen LogP contribution in [0.25, 0.3) is 11.4 Å². The van der Waals surface area contributed by atoms with E-state index in [1.807, 2.05) is 12.1 Å². The van der Waals surface area contributed by atoms with Gasteiger partial charge in [-0.05, 0) is 32.9 Å². The van der Waals surface area contributed by atoms with E-state index < -0.39 is 0 Å². The molecule has 0 unspecified atom stereocenters. The zero-order valence-electron chi connectivity index (χ0n) is 11.4. The normalized spacial score (nSPS) is 11.5. The summed E-state index contributed by atoms with van der Waals surface area (Å²) in [7, 11) is 0. The molecule has 2 rings (SSSR count). The van der Waals surface area contributed by atoms with Crippen molar-refractivity contribution >= 4 is 0 Å². The van der Waals surface area contributed by atoms with Crippen molar-refractivity contribution < 1.29 is 0 Å². The summed E-state index contributed by atoms with van der Waals surface area (Å²) in [5.74, 6) is 0.548. The second kappa shape index (κ2) is 5.32. The van der Waals surface area contributed by atoms with Gasteiger partial charge in [0.15, 0.2) is 0 Å². The molecule has 100 valence electrons. The highest BCUT2D eigenvalue weighted by Crippen LogP contribution is 2.11. The van der Waals surface area contributed by atoms with Crippen molar-refractivity contribution in [2.75, 3.05) is 0 Å². The average molecular weight is 258 g/mol. The molecule has 0 aliphatic rings. The Morgan fingerprint density at radius 1 is 1.37 bits per heavy atom. The van der Waals surface area contributed by atoms with Crippen LogP contribution < -0.4 is 10.9 Å². The zero-order valence-corrected chi connectivity index (χ0v) is 11.4. The number of hydrogen-bond donors (Lipinski definition) is 2. The second-order valence-electron chi connectivity index (χ2n) is 5.43. The predicted octanol–water partition coefficient (Wildman–Crippen LogP) is 1.72. The number of aromatic amines is 1. The Morgan fingerprint density at radius 2 is 2.16 bits per heavy atom. The zero-order chi connectivity index (χ0) is 13.9. The summed E-state index contributed by atoms with van der Waals surface area (Å²) in [4.78, 5) is 22.9. The molecule has 2 aromatic rings. The summed E-state index contributed by atoms with van der Waals surface area (Å²) < 4.78 is 0. The maximum Gasteiger partial charge on any atom is 0.251 e. The summed E-state index contributed by atoms with van der Waals surface area (Å²) in [5.41, 5.74) is 1.35. The van der Waals surface area contributed by atoms with E-state index in [0.29, 0.717) is 12.4 Å². The fourth-order valence-electron chi connectivity index (χ4n) is 1.59. The van der Waals surface area contributed by atoms with E-state index in [9.17, 15) is 4.79 Å². The van der Waals surface area contributed by atoms with Crippen LogP contribution in [0.5, 0.6) is 0 Å². The molecule has 0 amide bonds. The van der Waals surface area contributed by atoms with E-state index in [1.54, 1.807) is 12.4 Å². The third-order valence-electron chi connectivity index (χ3n) is 2.53. The third-order valence-corrected chi connectivity index (χ3v) is 2.53. The van der Waals surface area contributed by atoms with E-state index in [2.05, 4.69) is 41.0 Å². The van der Waals surface area contributed by atoms with Gasteiger partial charge in [0.25, 0.3) is 5.56 Å². The Hall–Kier alpha value is -2.01. The molecule has 5 nitrogen and oxygen atoms in total. The molecule has 0 aliphatic heterocycles. The van der Waals surface area contributed by atoms with Gasteiger partial charge in [-0.15, -0.1) is 0 Å². The average Bonchev–Trinajstić information content (AvgIpc) is 2.36. The Morgan fingerprint density at radius 3 is 2.79 bits per heavy atom. The highest BCUT2D eigenvalue weighted by atomic mass is 16.1. The molecule has 19 heavy (non-hydrogen) atoms. The first kappa shape index (κ1) is 13.4. The van der Waals surface area contributed by atoms with Crippen molar-refractivity contribution in [3.63, 3.8) is 0 Å². The molecule has 0 spiro atoms. The second-order valence-corrected chi connectivity index (χ2v) is 5.43. The molecular formula is C14H18N4O. The topological polar surface area (TPSA) is 70.7 Å². The van der Waals surface area contributed by atoms with Crippen LogP contribution in [0.1, 0.15) is 26.5 Å². The smallest absolute Gasteiger partial charge is 0.251 e. The molecule has 0 saturated carbocycles. The van der Waals surface area contributed by atoms with Gasteiger partial charge in [-0.2, -0.15) is 0 Å². The third kappa shape index (κ3) is 3.99. The largest absolute Gasteiger partial charge is 0.306 e. The molecule has 0 atom stereocenters. The van der Waals surface area contributed by atoms with Gasteiger partial charge in [0.05, 0.1) is 5.69 Å². The Bertz CT molecular complexity index is 599. The molecular weight excluding hydrogens is 240 g/mol. The molecule has 0 bridgehead atoms. The Balaban J connectivity index is 2.28. The van der Waals surface area contributed by atoms with E-state index in [0.717, 1.165) is 11.3 Å². The van der Waals surface area contributed by atoms with Crippen molar-refractivity contribution in [1.82, 2.24) is 20.3 Å². The van der Waals surface area contributed by atoms with Crippen molar-refractivity contribution in [1.29, 1.82) is 0 Å². The maximum absolute atomic E-state index is 11.7. The lowest BCUT2D eigenvalue weighted by atomic mass is 10.1. The van der Waals surface area contributed by atoms with Crippen LogP contribution >= 0.6 is 0 Å². The summed E-state index contributed by atoms with van der Waals surface area (Å²) in [5, 5.41) is 3.31. The predicted molar refractivity (Wildman–Crippen MR) is 74.7 cm³/mol. The van der Waals surface area contributed by atoms with Crippen LogP contribution in [0.4, 0.5) is 0 Å². The fraction of sp³-hybridized carbons (Fsp3) is 0.357. The number of nitrogens with one attached hydrogen (secondary N) is 2. The van der Waals surface area contributed by atoms with Crippen LogP contribution in [0.15, 0.2) is 35.4 Å². The standard InChI is InChI=1S/C14H18N4O/c1-14(2,3)16-9-11-7-12(19)18-13(17-11)10-5-4-6-15-8-10/h4-8,16H,9H2,1-3H3,(H,17,18,19). The minimum Gasteiger partial charge on any atom is -0.306 e.